The van der Waals surface area contributed by atoms with Gasteiger partial charge in [-0.3, -0.25) is 9.55 Å². The summed E-state index contributed by atoms with van der Waals surface area (Å²) in [5, 5.41) is 0. The van der Waals surface area contributed by atoms with Crippen molar-refractivity contribution in [2.45, 2.75) is 25.7 Å². The maximum absolute atomic E-state index is 4.79. The fourth-order valence-electron chi connectivity index (χ4n) is 3.13. The average Bonchev–Trinajstić information content (AvgIpc) is 3.17. The molecule has 3 aromatic heterocycles. The van der Waals surface area contributed by atoms with E-state index in [0.29, 0.717) is 5.92 Å². The summed E-state index contributed by atoms with van der Waals surface area (Å²) >= 11 is 0. The molecule has 0 aromatic carbocycles. The third kappa shape index (κ3) is 2.97. The number of hydrogen-bond acceptors (Lipinski definition) is 6. The zero-order valence-electron chi connectivity index (χ0n) is 13.6. The number of anilines is 1. The van der Waals surface area contributed by atoms with Gasteiger partial charge in [0.2, 0.25) is 0 Å². The summed E-state index contributed by atoms with van der Waals surface area (Å²) in [5.74, 6) is 2.95. The Morgan fingerprint density at radius 2 is 2.04 bits per heavy atom. The van der Waals surface area contributed by atoms with Gasteiger partial charge in [-0.1, -0.05) is 0 Å². The molecule has 7 heteroatoms. The van der Waals surface area contributed by atoms with Gasteiger partial charge in [0.25, 0.3) is 0 Å². The topological polar surface area (TPSA) is 72.6 Å². The van der Waals surface area contributed by atoms with Crippen LogP contribution in [0, 0.1) is 6.92 Å². The van der Waals surface area contributed by atoms with Crippen LogP contribution in [-0.2, 0) is 0 Å². The van der Waals surface area contributed by atoms with E-state index in [-0.39, 0.29) is 0 Å². The lowest BCUT2D eigenvalue weighted by Crippen LogP contribution is -2.35. The first-order chi connectivity index (χ1) is 11.8. The summed E-state index contributed by atoms with van der Waals surface area (Å²) in [6, 6.07) is 1.98. The van der Waals surface area contributed by atoms with Crippen molar-refractivity contribution in [1.82, 2.24) is 29.5 Å². The number of hydrogen-bond donors (Lipinski definition) is 0. The molecule has 122 valence electrons. The van der Waals surface area contributed by atoms with Gasteiger partial charge in [-0.15, -0.1) is 0 Å². The predicted molar refractivity (Wildman–Crippen MR) is 90.1 cm³/mol. The van der Waals surface area contributed by atoms with E-state index in [4.69, 9.17) is 4.98 Å². The minimum absolute atomic E-state index is 0.352. The van der Waals surface area contributed by atoms with Gasteiger partial charge >= 0.3 is 0 Å². The second-order valence-corrected chi connectivity index (χ2v) is 6.02. The molecule has 0 bridgehead atoms. The Morgan fingerprint density at radius 1 is 1.08 bits per heavy atom. The molecule has 0 N–H and O–H groups in total. The molecule has 0 saturated carbocycles. The Morgan fingerprint density at radius 3 is 2.88 bits per heavy atom. The van der Waals surface area contributed by atoms with Crippen molar-refractivity contribution in [2.75, 3.05) is 18.0 Å². The largest absolute Gasteiger partial charge is 0.356 e. The molecule has 0 aliphatic carbocycles. The highest BCUT2D eigenvalue weighted by atomic mass is 15.2. The van der Waals surface area contributed by atoms with Gasteiger partial charge in [0.05, 0.1) is 11.9 Å². The molecule has 4 heterocycles. The first kappa shape index (κ1) is 14.7. The van der Waals surface area contributed by atoms with E-state index in [0.717, 1.165) is 49.1 Å². The van der Waals surface area contributed by atoms with Crippen LogP contribution in [0.2, 0.25) is 0 Å². The molecule has 3 aromatic rings. The monoisotopic (exact) mass is 321 g/mol. The zero-order valence-corrected chi connectivity index (χ0v) is 13.6. The fraction of sp³-hybridized carbons (Fsp3) is 0.353. The summed E-state index contributed by atoms with van der Waals surface area (Å²) in [7, 11) is 0. The van der Waals surface area contributed by atoms with E-state index in [1.54, 1.807) is 18.7 Å². The molecule has 1 saturated heterocycles. The second kappa shape index (κ2) is 6.35. The van der Waals surface area contributed by atoms with Crippen LogP contribution < -0.4 is 4.90 Å². The molecular formula is C17H19N7. The van der Waals surface area contributed by atoms with Gasteiger partial charge in [-0.25, -0.2) is 19.9 Å². The predicted octanol–water partition coefficient (Wildman–Crippen LogP) is 2.14. The molecule has 4 rings (SSSR count). The van der Waals surface area contributed by atoms with E-state index in [1.165, 1.54) is 0 Å². The number of nitrogens with zero attached hydrogens (tertiary/aromatic N) is 7. The molecule has 1 unspecified atom stereocenters. The quantitative estimate of drug-likeness (QED) is 0.736. The van der Waals surface area contributed by atoms with Crippen LogP contribution in [0.3, 0.4) is 0 Å². The van der Waals surface area contributed by atoms with Crippen molar-refractivity contribution in [3.8, 4) is 5.82 Å². The van der Waals surface area contributed by atoms with E-state index >= 15 is 0 Å². The Bertz CT molecular complexity index is 815. The maximum atomic E-state index is 4.79. The molecular weight excluding hydrogens is 302 g/mol. The molecule has 1 aliphatic heterocycles. The third-order valence-electron chi connectivity index (χ3n) is 4.33. The van der Waals surface area contributed by atoms with Crippen molar-refractivity contribution < 1.29 is 0 Å². The first-order valence-electron chi connectivity index (χ1n) is 8.14. The van der Waals surface area contributed by atoms with E-state index < -0.39 is 0 Å². The normalized spacial score (nSPS) is 17.9. The molecule has 0 amide bonds. The zero-order chi connectivity index (χ0) is 16.4. The van der Waals surface area contributed by atoms with Crippen LogP contribution in [0.4, 0.5) is 5.82 Å². The fourth-order valence-corrected chi connectivity index (χ4v) is 3.13. The van der Waals surface area contributed by atoms with Gasteiger partial charge in [0.1, 0.15) is 18.0 Å². The van der Waals surface area contributed by atoms with Crippen molar-refractivity contribution in [3.05, 3.63) is 54.9 Å². The van der Waals surface area contributed by atoms with E-state index in [2.05, 4.69) is 24.8 Å². The SMILES string of the molecule is Cc1nccc(N2CCCC(c3cncc(-n4ccnc4)n3)C2)n1. The van der Waals surface area contributed by atoms with Gasteiger partial charge in [-0.05, 0) is 25.8 Å². The minimum atomic E-state index is 0.352. The summed E-state index contributed by atoms with van der Waals surface area (Å²) in [6.07, 6.45) is 13.1. The summed E-state index contributed by atoms with van der Waals surface area (Å²) in [5.41, 5.74) is 1.02. The lowest BCUT2D eigenvalue weighted by atomic mass is 9.95. The molecule has 7 nitrogen and oxygen atoms in total. The summed E-state index contributed by atoms with van der Waals surface area (Å²) in [6.45, 7) is 3.84. The molecule has 1 aliphatic rings. The molecule has 1 fully saturated rings. The van der Waals surface area contributed by atoms with Crippen molar-refractivity contribution in [3.63, 3.8) is 0 Å². The van der Waals surface area contributed by atoms with Crippen LogP contribution in [0.15, 0.2) is 43.4 Å². The smallest absolute Gasteiger partial charge is 0.156 e. The van der Waals surface area contributed by atoms with Crippen LogP contribution in [0.5, 0.6) is 0 Å². The highest BCUT2D eigenvalue weighted by Gasteiger charge is 2.24. The van der Waals surface area contributed by atoms with Gasteiger partial charge in [-0.2, -0.15) is 0 Å². The van der Waals surface area contributed by atoms with Crippen LogP contribution in [0.1, 0.15) is 30.3 Å². The number of imidazole rings is 1. The van der Waals surface area contributed by atoms with Gasteiger partial charge in [0.15, 0.2) is 5.82 Å². The molecule has 24 heavy (non-hydrogen) atoms. The van der Waals surface area contributed by atoms with Crippen LogP contribution >= 0.6 is 0 Å². The maximum Gasteiger partial charge on any atom is 0.156 e. The third-order valence-corrected chi connectivity index (χ3v) is 4.33. The summed E-state index contributed by atoms with van der Waals surface area (Å²) < 4.78 is 1.88. The lowest BCUT2D eigenvalue weighted by molar-refractivity contribution is 0.496. The Hall–Kier alpha value is -2.83. The molecule has 0 spiro atoms. The summed E-state index contributed by atoms with van der Waals surface area (Å²) in [4.78, 5) is 24.3. The standard InChI is InChI=1S/C17H19N7/c1-13-20-5-4-16(21-13)23-7-2-3-14(11-23)15-9-19-10-17(22-15)24-8-6-18-12-24/h4-6,8-10,12,14H,2-3,7,11H2,1H3. The Kier molecular flexibility index (Phi) is 3.90. The Labute approximate surface area is 140 Å². The van der Waals surface area contributed by atoms with Crippen molar-refractivity contribution in [2.24, 2.45) is 0 Å². The highest BCUT2D eigenvalue weighted by molar-refractivity contribution is 5.39. The van der Waals surface area contributed by atoms with Crippen molar-refractivity contribution in [1.29, 1.82) is 0 Å². The lowest BCUT2D eigenvalue weighted by Gasteiger charge is -2.33. The van der Waals surface area contributed by atoms with Crippen LogP contribution in [0.25, 0.3) is 5.82 Å². The molecule has 1 atom stereocenters. The van der Waals surface area contributed by atoms with Gasteiger partial charge < -0.3 is 4.90 Å². The molecule has 0 radical (unpaired) electrons. The number of piperidine rings is 1. The number of rotatable bonds is 3. The minimum Gasteiger partial charge on any atom is -0.356 e. The first-order valence-corrected chi connectivity index (χ1v) is 8.14. The van der Waals surface area contributed by atoms with Crippen LogP contribution in [-0.4, -0.2) is 42.6 Å². The van der Waals surface area contributed by atoms with E-state index in [1.807, 2.05) is 36.1 Å². The highest BCUT2D eigenvalue weighted by Crippen LogP contribution is 2.28. The Balaban J connectivity index is 1.57. The second-order valence-electron chi connectivity index (χ2n) is 6.02. The number of aryl methyl sites for hydroxylation is 1. The average molecular weight is 321 g/mol. The van der Waals surface area contributed by atoms with E-state index in [9.17, 15) is 0 Å². The number of aromatic nitrogens is 6. The van der Waals surface area contributed by atoms with Gasteiger partial charge in [0, 0.05) is 43.8 Å². The van der Waals surface area contributed by atoms with Crippen molar-refractivity contribution >= 4 is 5.82 Å².